The largest absolute Gasteiger partial charge is 0.489 e. The summed E-state index contributed by atoms with van der Waals surface area (Å²) in [5, 5.41) is 6.53. The lowest BCUT2D eigenvalue weighted by molar-refractivity contribution is -0.119. The lowest BCUT2D eigenvalue weighted by Gasteiger charge is -2.10. The molecule has 0 bridgehead atoms. The van der Waals surface area contributed by atoms with E-state index < -0.39 is 0 Å². The topological polar surface area (TPSA) is 50.4 Å². The number of anilines is 1. The first-order chi connectivity index (χ1) is 13.6. The smallest absolute Gasteiger partial charge is 0.239 e. The van der Waals surface area contributed by atoms with Gasteiger partial charge in [0.2, 0.25) is 5.91 Å². The van der Waals surface area contributed by atoms with E-state index in [2.05, 4.69) is 10.6 Å². The van der Waals surface area contributed by atoms with Gasteiger partial charge in [-0.3, -0.25) is 4.79 Å². The Kier molecular flexibility index (Phi) is 6.87. The summed E-state index contributed by atoms with van der Waals surface area (Å²) in [6, 6.07) is 20.9. The molecule has 0 radical (unpaired) electrons. The fraction of sp³-hybridized carbons (Fsp3) is 0.136. The number of halogens is 2. The van der Waals surface area contributed by atoms with Gasteiger partial charge in [0.15, 0.2) is 0 Å². The van der Waals surface area contributed by atoms with Crippen LogP contribution >= 0.6 is 11.6 Å². The highest BCUT2D eigenvalue weighted by Crippen LogP contribution is 2.17. The van der Waals surface area contributed by atoms with Crippen LogP contribution in [0.25, 0.3) is 0 Å². The molecule has 0 aliphatic heterocycles. The molecule has 3 aromatic rings. The van der Waals surface area contributed by atoms with Crippen LogP contribution in [0.3, 0.4) is 0 Å². The van der Waals surface area contributed by atoms with Crippen molar-refractivity contribution in [1.82, 2.24) is 5.32 Å². The second kappa shape index (κ2) is 9.76. The van der Waals surface area contributed by atoms with Crippen molar-refractivity contribution in [1.29, 1.82) is 0 Å². The van der Waals surface area contributed by atoms with Crippen LogP contribution in [0, 0.1) is 5.82 Å². The SMILES string of the molecule is O=C(CNc1ccc(OCc2ccc(Cl)cc2)cc1)NCc1ccc(F)cc1. The van der Waals surface area contributed by atoms with Crippen LogP contribution in [0.15, 0.2) is 72.8 Å². The molecule has 3 aromatic carbocycles. The summed E-state index contributed by atoms with van der Waals surface area (Å²) in [6.07, 6.45) is 0. The van der Waals surface area contributed by atoms with Gasteiger partial charge in [-0.25, -0.2) is 4.39 Å². The minimum absolute atomic E-state index is 0.145. The van der Waals surface area contributed by atoms with Crippen molar-refractivity contribution in [3.8, 4) is 5.75 Å². The molecule has 1 amide bonds. The van der Waals surface area contributed by atoms with Crippen molar-refractivity contribution in [2.24, 2.45) is 0 Å². The maximum Gasteiger partial charge on any atom is 0.239 e. The summed E-state index contributed by atoms with van der Waals surface area (Å²) in [6.45, 7) is 0.959. The molecule has 0 aromatic heterocycles. The van der Waals surface area contributed by atoms with Crippen LogP contribution in [0.1, 0.15) is 11.1 Å². The Bertz CT molecular complexity index is 897. The number of hydrogen-bond acceptors (Lipinski definition) is 3. The number of amides is 1. The van der Waals surface area contributed by atoms with Crippen LogP contribution in [0.4, 0.5) is 10.1 Å². The van der Waals surface area contributed by atoms with Crippen LogP contribution in [0.5, 0.6) is 5.75 Å². The molecule has 0 spiro atoms. The lowest BCUT2D eigenvalue weighted by Crippen LogP contribution is -2.29. The fourth-order valence-electron chi connectivity index (χ4n) is 2.46. The van der Waals surface area contributed by atoms with Crippen molar-refractivity contribution < 1.29 is 13.9 Å². The Morgan fingerprint density at radius 3 is 2.21 bits per heavy atom. The first kappa shape index (κ1) is 19.7. The minimum Gasteiger partial charge on any atom is -0.489 e. The summed E-state index contributed by atoms with van der Waals surface area (Å²) >= 11 is 5.86. The van der Waals surface area contributed by atoms with Gasteiger partial charge in [-0.1, -0.05) is 35.9 Å². The van der Waals surface area contributed by atoms with Crippen molar-refractivity contribution >= 4 is 23.2 Å². The third-order valence-corrected chi connectivity index (χ3v) is 4.28. The van der Waals surface area contributed by atoms with Crippen LogP contribution < -0.4 is 15.4 Å². The zero-order valence-electron chi connectivity index (χ0n) is 15.1. The number of benzene rings is 3. The van der Waals surface area contributed by atoms with Gasteiger partial charge in [-0.2, -0.15) is 0 Å². The van der Waals surface area contributed by atoms with Gasteiger partial charge in [-0.15, -0.1) is 0 Å². The van der Waals surface area contributed by atoms with Crippen LogP contribution in [-0.2, 0) is 17.9 Å². The van der Waals surface area contributed by atoms with E-state index in [4.69, 9.17) is 16.3 Å². The fourth-order valence-corrected chi connectivity index (χ4v) is 2.59. The first-order valence-corrected chi connectivity index (χ1v) is 9.18. The third-order valence-electron chi connectivity index (χ3n) is 4.03. The van der Waals surface area contributed by atoms with E-state index in [1.165, 1.54) is 12.1 Å². The summed E-state index contributed by atoms with van der Waals surface area (Å²) in [5.74, 6) is 0.297. The number of nitrogens with one attached hydrogen (secondary N) is 2. The Hall–Kier alpha value is -3.05. The number of rotatable bonds is 8. The van der Waals surface area contributed by atoms with Crippen molar-refractivity contribution in [3.05, 3.63) is 94.8 Å². The Morgan fingerprint density at radius 1 is 0.893 bits per heavy atom. The average molecular weight is 399 g/mol. The van der Waals surface area contributed by atoms with E-state index in [0.29, 0.717) is 18.2 Å². The number of ether oxygens (including phenoxy) is 1. The highest BCUT2D eigenvalue weighted by atomic mass is 35.5. The first-order valence-electron chi connectivity index (χ1n) is 8.81. The quantitative estimate of drug-likeness (QED) is 0.573. The van der Waals surface area contributed by atoms with Gasteiger partial charge in [-0.05, 0) is 59.7 Å². The lowest BCUT2D eigenvalue weighted by atomic mass is 10.2. The van der Waals surface area contributed by atoms with Gasteiger partial charge in [0.1, 0.15) is 18.2 Å². The predicted molar refractivity (Wildman–Crippen MR) is 109 cm³/mol. The van der Waals surface area contributed by atoms with Gasteiger partial charge in [0.05, 0.1) is 6.54 Å². The highest BCUT2D eigenvalue weighted by molar-refractivity contribution is 6.30. The molecular weight excluding hydrogens is 379 g/mol. The highest BCUT2D eigenvalue weighted by Gasteiger charge is 2.03. The Balaban J connectivity index is 1.40. The van der Waals surface area contributed by atoms with Crippen LogP contribution in [0.2, 0.25) is 5.02 Å². The maximum atomic E-state index is 12.9. The molecule has 0 aliphatic rings. The van der Waals surface area contributed by atoms with Gasteiger partial charge in [0.25, 0.3) is 0 Å². The summed E-state index contributed by atoms with van der Waals surface area (Å²) in [5.41, 5.74) is 2.69. The zero-order chi connectivity index (χ0) is 19.8. The monoisotopic (exact) mass is 398 g/mol. The Morgan fingerprint density at radius 2 is 1.54 bits per heavy atom. The molecular formula is C22H20ClFN2O2. The molecule has 0 saturated heterocycles. The average Bonchev–Trinajstić information content (AvgIpc) is 2.72. The molecule has 144 valence electrons. The van der Waals surface area contributed by atoms with Gasteiger partial charge < -0.3 is 15.4 Å². The van der Waals surface area contributed by atoms with Crippen molar-refractivity contribution in [3.63, 3.8) is 0 Å². The summed E-state index contributed by atoms with van der Waals surface area (Å²) in [7, 11) is 0. The molecule has 0 atom stereocenters. The standard InChI is InChI=1S/C22H20ClFN2O2/c23-18-5-1-17(2-6-18)15-28-21-11-9-20(10-12-21)25-14-22(27)26-13-16-3-7-19(24)8-4-16/h1-12,25H,13-15H2,(H,26,27). The van der Waals surface area contributed by atoms with Crippen molar-refractivity contribution in [2.75, 3.05) is 11.9 Å². The number of carbonyl (C=O) groups excluding carboxylic acids is 1. The second-order valence-electron chi connectivity index (χ2n) is 6.20. The third kappa shape index (κ3) is 6.28. The molecule has 4 nitrogen and oxygen atoms in total. The molecule has 0 unspecified atom stereocenters. The van der Waals surface area contributed by atoms with Crippen molar-refractivity contribution in [2.45, 2.75) is 13.2 Å². The summed E-state index contributed by atoms with van der Waals surface area (Å²) < 4.78 is 18.6. The molecule has 0 fully saturated rings. The second-order valence-corrected chi connectivity index (χ2v) is 6.63. The Labute approximate surface area is 168 Å². The molecule has 0 aliphatic carbocycles. The van der Waals surface area contributed by atoms with Gasteiger partial charge in [0, 0.05) is 17.3 Å². The number of carbonyl (C=O) groups is 1. The van der Waals surface area contributed by atoms with E-state index in [1.807, 2.05) is 48.5 Å². The molecule has 0 heterocycles. The van der Waals surface area contributed by atoms with E-state index in [9.17, 15) is 9.18 Å². The van der Waals surface area contributed by atoms with Crippen LogP contribution in [-0.4, -0.2) is 12.5 Å². The molecule has 2 N–H and O–H groups in total. The predicted octanol–water partition coefficient (Wildman–Crippen LogP) is 4.79. The minimum atomic E-state index is -0.294. The molecule has 28 heavy (non-hydrogen) atoms. The molecule has 6 heteroatoms. The zero-order valence-corrected chi connectivity index (χ0v) is 15.9. The number of hydrogen-bond donors (Lipinski definition) is 2. The van der Waals surface area contributed by atoms with E-state index in [0.717, 1.165) is 22.6 Å². The van der Waals surface area contributed by atoms with E-state index in [-0.39, 0.29) is 18.3 Å². The molecule has 0 saturated carbocycles. The molecule has 3 rings (SSSR count). The maximum absolute atomic E-state index is 12.9. The normalized spacial score (nSPS) is 10.4. The van der Waals surface area contributed by atoms with E-state index >= 15 is 0 Å². The summed E-state index contributed by atoms with van der Waals surface area (Å²) in [4.78, 5) is 11.9. The van der Waals surface area contributed by atoms with Gasteiger partial charge >= 0.3 is 0 Å². The van der Waals surface area contributed by atoms with E-state index in [1.54, 1.807) is 12.1 Å².